The highest BCUT2D eigenvalue weighted by Crippen LogP contribution is 2.39. The van der Waals surface area contributed by atoms with Crippen LogP contribution in [0.15, 0.2) is 54.1 Å². The van der Waals surface area contributed by atoms with Crippen LogP contribution in [-0.2, 0) is 9.59 Å². The van der Waals surface area contributed by atoms with Crippen molar-refractivity contribution in [3.63, 3.8) is 0 Å². The van der Waals surface area contributed by atoms with E-state index in [-0.39, 0.29) is 29.6 Å². The Bertz CT molecular complexity index is 1040. The number of fused-ring (bicyclic) bond motifs is 1. The van der Waals surface area contributed by atoms with Crippen molar-refractivity contribution >= 4 is 40.7 Å². The minimum absolute atomic E-state index is 0.154. The highest BCUT2D eigenvalue weighted by Gasteiger charge is 2.48. The summed E-state index contributed by atoms with van der Waals surface area (Å²) in [5.74, 6) is -1.15. The molecule has 2 atom stereocenters. The van der Waals surface area contributed by atoms with E-state index < -0.39 is 0 Å². The first-order valence-electron chi connectivity index (χ1n) is 9.57. The Balaban J connectivity index is 1.52. The number of nitrogens with one attached hydrogen (secondary N) is 1. The summed E-state index contributed by atoms with van der Waals surface area (Å²) < 4.78 is 0. The highest BCUT2D eigenvalue weighted by molar-refractivity contribution is 6.31. The second-order valence-corrected chi connectivity index (χ2v) is 8.04. The van der Waals surface area contributed by atoms with Gasteiger partial charge in [-0.2, -0.15) is 0 Å². The van der Waals surface area contributed by atoms with Gasteiger partial charge in [0.15, 0.2) is 0 Å². The Morgan fingerprint density at radius 2 is 1.72 bits per heavy atom. The minimum atomic E-state index is -0.283. The topological polar surface area (TPSA) is 66.5 Å². The number of carbonyl (C=O) groups is 3. The van der Waals surface area contributed by atoms with Gasteiger partial charge in [0.05, 0.1) is 17.5 Å². The molecule has 0 spiro atoms. The van der Waals surface area contributed by atoms with E-state index in [2.05, 4.69) is 5.32 Å². The van der Waals surface area contributed by atoms with Gasteiger partial charge < -0.3 is 5.32 Å². The van der Waals surface area contributed by atoms with Crippen molar-refractivity contribution < 1.29 is 14.4 Å². The van der Waals surface area contributed by atoms with Gasteiger partial charge in [0.25, 0.3) is 5.91 Å². The molecule has 1 saturated heterocycles. The molecule has 1 fully saturated rings. The number of rotatable bonds is 3. The maximum Gasteiger partial charge on any atom is 0.255 e. The van der Waals surface area contributed by atoms with Crippen molar-refractivity contribution in [2.75, 3.05) is 10.2 Å². The van der Waals surface area contributed by atoms with Crippen molar-refractivity contribution in [2.24, 2.45) is 11.8 Å². The van der Waals surface area contributed by atoms with Gasteiger partial charge in [0.2, 0.25) is 11.8 Å². The number of amides is 3. The van der Waals surface area contributed by atoms with Gasteiger partial charge >= 0.3 is 0 Å². The standard InChI is InChI=1S/C23H21ClN2O3/c1-13-6-11-17-18(12-13)23(29)26(22(17)28)16-9-7-15(8-10-16)21(27)25-20-5-3-4-19(24)14(20)2/h3-10,17-18H,11-12H2,1-2H3,(H,25,27)/t17-,18+/m0/s1. The Labute approximate surface area is 174 Å². The summed E-state index contributed by atoms with van der Waals surface area (Å²) in [7, 11) is 0. The molecule has 0 saturated carbocycles. The number of nitrogens with zero attached hydrogens (tertiary/aromatic N) is 1. The van der Waals surface area contributed by atoms with Gasteiger partial charge in [-0.1, -0.05) is 29.3 Å². The molecule has 5 nitrogen and oxygen atoms in total. The quantitative estimate of drug-likeness (QED) is 0.588. The molecule has 2 aliphatic rings. The second-order valence-electron chi connectivity index (χ2n) is 7.63. The van der Waals surface area contributed by atoms with Gasteiger partial charge in [0, 0.05) is 16.3 Å². The summed E-state index contributed by atoms with van der Waals surface area (Å²) in [5.41, 5.74) is 3.52. The molecule has 0 unspecified atom stereocenters. The van der Waals surface area contributed by atoms with Crippen LogP contribution in [0, 0.1) is 18.8 Å². The van der Waals surface area contributed by atoms with Crippen LogP contribution < -0.4 is 10.2 Å². The molecule has 148 valence electrons. The summed E-state index contributed by atoms with van der Waals surface area (Å²) in [4.78, 5) is 39.4. The highest BCUT2D eigenvalue weighted by atomic mass is 35.5. The number of hydrogen-bond donors (Lipinski definition) is 1. The molecular formula is C23H21ClN2O3. The summed E-state index contributed by atoms with van der Waals surface area (Å²) in [6.07, 6.45) is 3.28. The molecule has 0 aromatic heterocycles. The van der Waals surface area contributed by atoms with E-state index in [1.165, 1.54) is 4.90 Å². The number of carbonyl (C=O) groups excluding carboxylic acids is 3. The van der Waals surface area contributed by atoms with Crippen LogP contribution in [0.1, 0.15) is 35.7 Å². The Kier molecular flexibility index (Phi) is 5.01. The first kappa shape index (κ1) is 19.4. The van der Waals surface area contributed by atoms with Crippen LogP contribution in [0.5, 0.6) is 0 Å². The zero-order valence-corrected chi connectivity index (χ0v) is 17.0. The van der Waals surface area contributed by atoms with Crippen molar-refractivity contribution in [3.05, 3.63) is 70.3 Å². The largest absolute Gasteiger partial charge is 0.322 e. The number of imide groups is 1. The monoisotopic (exact) mass is 408 g/mol. The third-order valence-electron chi connectivity index (χ3n) is 5.73. The summed E-state index contributed by atoms with van der Waals surface area (Å²) in [6.45, 7) is 3.83. The molecule has 1 aliphatic heterocycles. The maximum absolute atomic E-state index is 12.8. The molecule has 1 heterocycles. The number of benzene rings is 2. The molecular weight excluding hydrogens is 388 g/mol. The zero-order valence-electron chi connectivity index (χ0n) is 16.2. The smallest absolute Gasteiger partial charge is 0.255 e. The Morgan fingerprint density at radius 3 is 2.45 bits per heavy atom. The van der Waals surface area contributed by atoms with Crippen molar-refractivity contribution in [2.45, 2.75) is 26.7 Å². The maximum atomic E-state index is 12.8. The molecule has 6 heteroatoms. The number of halogens is 1. The lowest BCUT2D eigenvalue weighted by Crippen LogP contribution is -2.30. The number of anilines is 2. The summed E-state index contributed by atoms with van der Waals surface area (Å²) in [5, 5.41) is 3.42. The molecule has 0 radical (unpaired) electrons. The van der Waals surface area contributed by atoms with E-state index in [1.54, 1.807) is 42.5 Å². The van der Waals surface area contributed by atoms with E-state index in [0.29, 0.717) is 34.8 Å². The Morgan fingerprint density at radius 1 is 1.03 bits per heavy atom. The second kappa shape index (κ2) is 7.48. The number of allylic oxidation sites excluding steroid dienone is 2. The third kappa shape index (κ3) is 3.47. The van der Waals surface area contributed by atoms with Gasteiger partial charge in [-0.05, 0) is 68.7 Å². The van der Waals surface area contributed by atoms with Crippen LogP contribution >= 0.6 is 11.6 Å². The SMILES string of the molecule is CC1=CC[C@@H]2C(=O)N(c3ccc(C(=O)Nc4cccc(Cl)c4C)cc3)C(=O)[C@@H]2C1. The van der Waals surface area contributed by atoms with Crippen molar-refractivity contribution in [3.8, 4) is 0 Å². The van der Waals surface area contributed by atoms with E-state index in [1.807, 2.05) is 19.9 Å². The summed E-state index contributed by atoms with van der Waals surface area (Å²) in [6, 6.07) is 11.9. The first-order chi connectivity index (χ1) is 13.9. The first-order valence-corrected chi connectivity index (χ1v) is 9.94. The molecule has 29 heavy (non-hydrogen) atoms. The van der Waals surface area contributed by atoms with Crippen molar-refractivity contribution in [1.29, 1.82) is 0 Å². The van der Waals surface area contributed by atoms with Gasteiger partial charge in [0.1, 0.15) is 0 Å². The number of hydrogen-bond acceptors (Lipinski definition) is 3. The average Bonchev–Trinajstić information content (AvgIpc) is 2.95. The molecule has 4 rings (SSSR count). The van der Waals surface area contributed by atoms with Crippen LogP contribution in [0.2, 0.25) is 5.02 Å². The molecule has 0 bridgehead atoms. The van der Waals surface area contributed by atoms with Gasteiger partial charge in [-0.3, -0.25) is 19.3 Å². The summed E-state index contributed by atoms with van der Waals surface area (Å²) >= 11 is 6.10. The predicted octanol–water partition coefficient (Wildman–Crippen LogP) is 4.75. The Hall–Kier alpha value is -2.92. The molecule has 2 aromatic rings. The van der Waals surface area contributed by atoms with Crippen molar-refractivity contribution in [1.82, 2.24) is 0 Å². The molecule has 1 N–H and O–H groups in total. The fraction of sp³-hybridized carbons (Fsp3) is 0.261. The normalized spacial score (nSPS) is 21.1. The van der Waals surface area contributed by atoms with E-state index in [4.69, 9.17) is 11.6 Å². The van der Waals surface area contributed by atoms with Crippen LogP contribution in [0.25, 0.3) is 0 Å². The van der Waals surface area contributed by atoms with Crippen LogP contribution in [-0.4, -0.2) is 17.7 Å². The average molecular weight is 409 g/mol. The lowest BCUT2D eigenvalue weighted by Gasteiger charge is -2.18. The fourth-order valence-corrected chi connectivity index (χ4v) is 4.17. The van der Waals surface area contributed by atoms with Crippen LogP contribution in [0.3, 0.4) is 0 Å². The molecule has 3 amide bonds. The minimum Gasteiger partial charge on any atom is -0.322 e. The van der Waals surface area contributed by atoms with E-state index in [0.717, 1.165) is 11.1 Å². The lowest BCUT2D eigenvalue weighted by atomic mass is 9.82. The van der Waals surface area contributed by atoms with E-state index in [9.17, 15) is 14.4 Å². The lowest BCUT2D eigenvalue weighted by molar-refractivity contribution is -0.122. The molecule has 2 aromatic carbocycles. The van der Waals surface area contributed by atoms with Crippen LogP contribution in [0.4, 0.5) is 11.4 Å². The zero-order chi connectivity index (χ0) is 20.7. The third-order valence-corrected chi connectivity index (χ3v) is 6.14. The van der Waals surface area contributed by atoms with Gasteiger partial charge in [-0.15, -0.1) is 0 Å². The molecule has 1 aliphatic carbocycles. The van der Waals surface area contributed by atoms with Gasteiger partial charge in [-0.25, -0.2) is 0 Å². The predicted molar refractivity (Wildman–Crippen MR) is 113 cm³/mol. The fourth-order valence-electron chi connectivity index (χ4n) is 3.99. The van der Waals surface area contributed by atoms with E-state index >= 15 is 0 Å².